The number of nitrogens with zero attached hydrogens (tertiary/aromatic N) is 1. The number of nitrogens with one attached hydrogen (secondary N) is 2. The SMILES string of the molecule is COCCNCC(C)NCc1ccccn1. The molecule has 0 amide bonds. The summed E-state index contributed by atoms with van der Waals surface area (Å²) in [4.78, 5) is 4.26. The van der Waals surface area contributed by atoms with Crippen LogP contribution in [-0.4, -0.2) is 37.8 Å². The Labute approximate surface area is 97.4 Å². The van der Waals surface area contributed by atoms with Gasteiger partial charge in [0.1, 0.15) is 0 Å². The first-order valence-electron chi connectivity index (χ1n) is 5.66. The highest BCUT2D eigenvalue weighted by Gasteiger charge is 2.00. The maximum atomic E-state index is 4.96. The van der Waals surface area contributed by atoms with Gasteiger partial charge in [0.25, 0.3) is 0 Å². The van der Waals surface area contributed by atoms with E-state index in [4.69, 9.17) is 4.74 Å². The van der Waals surface area contributed by atoms with Crippen molar-refractivity contribution in [3.8, 4) is 0 Å². The van der Waals surface area contributed by atoms with Crippen LogP contribution in [0.1, 0.15) is 12.6 Å². The van der Waals surface area contributed by atoms with Crippen LogP contribution in [0.4, 0.5) is 0 Å². The largest absolute Gasteiger partial charge is 0.383 e. The predicted molar refractivity (Wildman–Crippen MR) is 65.3 cm³/mol. The summed E-state index contributed by atoms with van der Waals surface area (Å²) in [5.74, 6) is 0. The van der Waals surface area contributed by atoms with Gasteiger partial charge in [-0.15, -0.1) is 0 Å². The van der Waals surface area contributed by atoms with Crippen LogP contribution < -0.4 is 10.6 Å². The Morgan fingerprint density at radius 2 is 2.31 bits per heavy atom. The lowest BCUT2D eigenvalue weighted by Crippen LogP contribution is -2.37. The minimum absolute atomic E-state index is 0.430. The average molecular weight is 223 g/mol. The molecule has 0 aliphatic heterocycles. The van der Waals surface area contributed by atoms with Crippen LogP contribution in [0.3, 0.4) is 0 Å². The molecule has 90 valence electrons. The third-order valence-corrected chi connectivity index (χ3v) is 2.29. The van der Waals surface area contributed by atoms with Crippen molar-refractivity contribution in [2.45, 2.75) is 19.5 Å². The van der Waals surface area contributed by atoms with E-state index < -0.39 is 0 Å². The first-order chi connectivity index (χ1) is 7.83. The third-order valence-electron chi connectivity index (χ3n) is 2.29. The van der Waals surface area contributed by atoms with Crippen LogP contribution in [0.15, 0.2) is 24.4 Å². The maximum Gasteiger partial charge on any atom is 0.0587 e. The van der Waals surface area contributed by atoms with Crippen LogP contribution in [-0.2, 0) is 11.3 Å². The lowest BCUT2D eigenvalue weighted by Gasteiger charge is -2.14. The summed E-state index contributed by atoms with van der Waals surface area (Å²) in [6.45, 7) is 5.56. The van der Waals surface area contributed by atoms with E-state index in [1.54, 1.807) is 7.11 Å². The molecule has 0 aromatic carbocycles. The van der Waals surface area contributed by atoms with Crippen LogP contribution in [0.2, 0.25) is 0 Å². The highest BCUT2D eigenvalue weighted by Crippen LogP contribution is 1.93. The molecule has 0 fully saturated rings. The second-order valence-electron chi connectivity index (χ2n) is 3.80. The molecule has 2 N–H and O–H groups in total. The fraction of sp³-hybridized carbons (Fsp3) is 0.583. The average Bonchev–Trinajstić information content (AvgIpc) is 2.33. The molecule has 1 rings (SSSR count). The molecule has 1 heterocycles. The predicted octanol–water partition coefficient (Wildman–Crippen LogP) is 0.796. The molecule has 1 unspecified atom stereocenters. The maximum absolute atomic E-state index is 4.96. The lowest BCUT2D eigenvalue weighted by atomic mass is 10.3. The molecule has 1 aromatic heterocycles. The van der Waals surface area contributed by atoms with Crippen molar-refractivity contribution >= 4 is 0 Å². The first kappa shape index (κ1) is 13.1. The van der Waals surface area contributed by atoms with Gasteiger partial charge in [0.15, 0.2) is 0 Å². The molecule has 0 saturated carbocycles. The Morgan fingerprint density at radius 1 is 1.44 bits per heavy atom. The molecule has 0 radical (unpaired) electrons. The van der Waals surface area contributed by atoms with E-state index in [2.05, 4.69) is 22.5 Å². The summed E-state index contributed by atoms with van der Waals surface area (Å²) < 4.78 is 4.96. The van der Waals surface area contributed by atoms with Gasteiger partial charge in [-0.1, -0.05) is 6.07 Å². The van der Waals surface area contributed by atoms with Crippen molar-refractivity contribution in [3.63, 3.8) is 0 Å². The number of methoxy groups -OCH3 is 1. The number of rotatable bonds is 8. The van der Waals surface area contributed by atoms with E-state index >= 15 is 0 Å². The summed E-state index contributed by atoms with van der Waals surface area (Å²) in [6.07, 6.45) is 1.82. The van der Waals surface area contributed by atoms with E-state index in [1.165, 1.54) is 0 Å². The highest BCUT2D eigenvalue weighted by atomic mass is 16.5. The van der Waals surface area contributed by atoms with Crippen molar-refractivity contribution in [3.05, 3.63) is 30.1 Å². The Bertz CT molecular complexity index is 266. The number of pyridine rings is 1. The zero-order chi connectivity index (χ0) is 11.6. The van der Waals surface area contributed by atoms with E-state index in [1.807, 2.05) is 24.4 Å². The van der Waals surface area contributed by atoms with Gasteiger partial charge in [0.05, 0.1) is 12.3 Å². The van der Waals surface area contributed by atoms with Gasteiger partial charge < -0.3 is 15.4 Å². The second-order valence-corrected chi connectivity index (χ2v) is 3.80. The number of hydrogen-bond donors (Lipinski definition) is 2. The number of ether oxygens (including phenoxy) is 1. The summed E-state index contributed by atoms with van der Waals surface area (Å²) in [5.41, 5.74) is 1.08. The first-order valence-corrected chi connectivity index (χ1v) is 5.66. The fourth-order valence-electron chi connectivity index (χ4n) is 1.35. The van der Waals surface area contributed by atoms with Gasteiger partial charge in [-0.25, -0.2) is 0 Å². The van der Waals surface area contributed by atoms with Gasteiger partial charge in [-0.05, 0) is 19.1 Å². The smallest absolute Gasteiger partial charge is 0.0587 e. The number of aromatic nitrogens is 1. The molecule has 0 saturated heterocycles. The lowest BCUT2D eigenvalue weighted by molar-refractivity contribution is 0.198. The van der Waals surface area contributed by atoms with E-state index in [-0.39, 0.29) is 0 Å². The molecular formula is C12H21N3O. The molecule has 0 spiro atoms. The summed E-state index contributed by atoms with van der Waals surface area (Å²) in [7, 11) is 1.71. The summed E-state index contributed by atoms with van der Waals surface area (Å²) in [6, 6.07) is 6.39. The molecule has 0 aliphatic rings. The van der Waals surface area contributed by atoms with Crippen molar-refractivity contribution < 1.29 is 4.74 Å². The Balaban J connectivity index is 2.08. The van der Waals surface area contributed by atoms with Crippen LogP contribution >= 0.6 is 0 Å². The molecule has 1 aromatic rings. The molecule has 1 atom stereocenters. The van der Waals surface area contributed by atoms with Gasteiger partial charge in [0.2, 0.25) is 0 Å². The summed E-state index contributed by atoms with van der Waals surface area (Å²) in [5, 5.41) is 6.72. The van der Waals surface area contributed by atoms with Crippen LogP contribution in [0.25, 0.3) is 0 Å². The Kier molecular flexibility index (Phi) is 6.72. The third kappa shape index (κ3) is 5.80. The standard InChI is InChI=1S/C12H21N3O/c1-11(9-13-7-8-16-2)15-10-12-5-3-4-6-14-12/h3-6,11,13,15H,7-10H2,1-2H3. The number of hydrogen-bond acceptors (Lipinski definition) is 4. The second kappa shape index (κ2) is 8.21. The fourth-order valence-corrected chi connectivity index (χ4v) is 1.35. The minimum atomic E-state index is 0.430. The van der Waals surface area contributed by atoms with Crippen molar-refractivity contribution in [2.24, 2.45) is 0 Å². The van der Waals surface area contributed by atoms with Gasteiger partial charge in [-0.3, -0.25) is 4.98 Å². The highest BCUT2D eigenvalue weighted by molar-refractivity contribution is 5.03. The van der Waals surface area contributed by atoms with E-state index in [0.29, 0.717) is 6.04 Å². The Hall–Kier alpha value is -0.970. The quantitative estimate of drug-likeness (QED) is 0.640. The van der Waals surface area contributed by atoms with Crippen molar-refractivity contribution in [1.29, 1.82) is 0 Å². The zero-order valence-corrected chi connectivity index (χ0v) is 10.1. The normalized spacial score (nSPS) is 12.6. The van der Waals surface area contributed by atoms with Crippen LogP contribution in [0, 0.1) is 0 Å². The molecule has 16 heavy (non-hydrogen) atoms. The molecule has 4 nitrogen and oxygen atoms in total. The zero-order valence-electron chi connectivity index (χ0n) is 10.1. The molecule has 4 heteroatoms. The Morgan fingerprint density at radius 3 is 3.00 bits per heavy atom. The molecule has 0 bridgehead atoms. The topological polar surface area (TPSA) is 46.2 Å². The minimum Gasteiger partial charge on any atom is -0.383 e. The van der Waals surface area contributed by atoms with Gasteiger partial charge >= 0.3 is 0 Å². The van der Waals surface area contributed by atoms with Crippen molar-refractivity contribution in [2.75, 3.05) is 26.8 Å². The van der Waals surface area contributed by atoms with Crippen molar-refractivity contribution in [1.82, 2.24) is 15.6 Å². The van der Waals surface area contributed by atoms with Gasteiger partial charge in [-0.2, -0.15) is 0 Å². The van der Waals surface area contributed by atoms with Gasteiger partial charge in [0, 0.05) is 39.0 Å². The summed E-state index contributed by atoms with van der Waals surface area (Å²) >= 11 is 0. The van der Waals surface area contributed by atoms with Crippen LogP contribution in [0.5, 0.6) is 0 Å². The molecule has 0 aliphatic carbocycles. The molecular weight excluding hydrogens is 202 g/mol. The monoisotopic (exact) mass is 223 g/mol. The van der Waals surface area contributed by atoms with E-state index in [9.17, 15) is 0 Å². The van der Waals surface area contributed by atoms with E-state index in [0.717, 1.165) is 31.9 Å².